The number of hydrogen-bond acceptors (Lipinski definition) is 5. The Balaban J connectivity index is 1.70. The van der Waals surface area contributed by atoms with E-state index in [-0.39, 0.29) is 16.9 Å². The molecule has 0 bridgehead atoms. The first-order valence-electron chi connectivity index (χ1n) is 7.09. The fourth-order valence-corrected chi connectivity index (χ4v) is 3.05. The van der Waals surface area contributed by atoms with E-state index in [1.807, 2.05) is 12.1 Å². The second-order valence-electron chi connectivity index (χ2n) is 5.01. The van der Waals surface area contributed by atoms with E-state index in [4.69, 9.17) is 4.42 Å². The second-order valence-corrected chi connectivity index (χ2v) is 7.22. The van der Waals surface area contributed by atoms with Gasteiger partial charge in [0.25, 0.3) is 5.22 Å². The van der Waals surface area contributed by atoms with Crippen LogP contribution in [0.5, 0.6) is 0 Å². The van der Waals surface area contributed by atoms with Crippen molar-refractivity contribution in [1.29, 1.82) is 0 Å². The molecule has 0 saturated heterocycles. The zero-order valence-electron chi connectivity index (χ0n) is 12.6. The average Bonchev–Trinajstić information content (AvgIpc) is 3.04. The van der Waals surface area contributed by atoms with Gasteiger partial charge in [0.15, 0.2) is 5.78 Å². The highest BCUT2D eigenvalue weighted by molar-refractivity contribution is 9.10. The zero-order valence-corrected chi connectivity index (χ0v) is 15.0. The van der Waals surface area contributed by atoms with Gasteiger partial charge >= 0.3 is 0 Å². The fourth-order valence-electron chi connectivity index (χ4n) is 2.02. The number of thioether (sulfide) groups is 1. The number of carbonyl (C=O) groups excluding carboxylic acids is 1. The molecule has 0 aliphatic carbocycles. The Labute approximate surface area is 150 Å². The van der Waals surface area contributed by atoms with Gasteiger partial charge in [0, 0.05) is 15.6 Å². The minimum Gasteiger partial charge on any atom is -0.411 e. The molecule has 1 aromatic heterocycles. The lowest BCUT2D eigenvalue weighted by atomic mass is 10.1. The highest BCUT2D eigenvalue weighted by Gasteiger charge is 2.20. The van der Waals surface area contributed by atoms with Crippen molar-refractivity contribution in [3.8, 4) is 11.5 Å². The molecule has 0 N–H and O–H groups in total. The van der Waals surface area contributed by atoms with Gasteiger partial charge in [-0.15, -0.1) is 10.2 Å². The maximum atomic E-state index is 12.9. The van der Waals surface area contributed by atoms with Crippen molar-refractivity contribution >= 4 is 33.5 Å². The molecular formula is C17H12BrFN2O2S. The number of Topliss-reactive ketones (excluding diaryl/α,β-unsaturated/α-hetero) is 1. The molecule has 0 amide bonds. The molecule has 7 heteroatoms. The van der Waals surface area contributed by atoms with Crippen molar-refractivity contribution in [2.45, 2.75) is 17.4 Å². The van der Waals surface area contributed by atoms with Crippen LogP contribution in [0.15, 0.2) is 62.6 Å². The van der Waals surface area contributed by atoms with E-state index < -0.39 is 0 Å². The molecular weight excluding hydrogens is 395 g/mol. The van der Waals surface area contributed by atoms with Crippen molar-refractivity contribution in [2.24, 2.45) is 0 Å². The Bertz CT molecular complexity index is 850. The Kier molecular flexibility index (Phi) is 5.11. The van der Waals surface area contributed by atoms with Gasteiger partial charge in [-0.05, 0) is 43.3 Å². The maximum absolute atomic E-state index is 12.9. The summed E-state index contributed by atoms with van der Waals surface area (Å²) in [6.45, 7) is 1.79. The minimum absolute atomic E-state index is 0.0194. The van der Waals surface area contributed by atoms with Gasteiger partial charge in [-0.25, -0.2) is 4.39 Å². The van der Waals surface area contributed by atoms with Crippen LogP contribution in [0.4, 0.5) is 4.39 Å². The number of carbonyl (C=O) groups is 1. The van der Waals surface area contributed by atoms with Crippen molar-refractivity contribution < 1.29 is 13.6 Å². The van der Waals surface area contributed by atoms with Gasteiger partial charge in [-0.2, -0.15) is 0 Å². The normalized spacial score (nSPS) is 12.1. The molecule has 0 fully saturated rings. The summed E-state index contributed by atoms with van der Waals surface area (Å²) >= 11 is 4.54. The first-order chi connectivity index (χ1) is 11.5. The first-order valence-corrected chi connectivity index (χ1v) is 8.76. The number of nitrogens with zero attached hydrogens (tertiary/aromatic N) is 2. The summed E-state index contributed by atoms with van der Waals surface area (Å²) in [5.41, 5.74) is 1.25. The lowest BCUT2D eigenvalue weighted by molar-refractivity contribution is 0.0993. The van der Waals surface area contributed by atoms with Crippen LogP contribution < -0.4 is 0 Å². The molecule has 1 atom stereocenters. The third-order valence-electron chi connectivity index (χ3n) is 3.27. The van der Waals surface area contributed by atoms with Crippen LogP contribution in [0.2, 0.25) is 0 Å². The largest absolute Gasteiger partial charge is 0.411 e. The van der Waals surface area contributed by atoms with Crippen LogP contribution in [0.25, 0.3) is 11.5 Å². The van der Waals surface area contributed by atoms with Crippen LogP contribution in [0.1, 0.15) is 17.3 Å². The minimum atomic E-state index is -0.368. The monoisotopic (exact) mass is 406 g/mol. The standard InChI is InChI=1S/C17H12BrFN2O2S/c1-10(15(22)11-2-6-13(18)7-3-11)24-17-21-20-16(23-17)12-4-8-14(19)9-5-12/h2-10H,1H3/t10-/m1/s1. The topological polar surface area (TPSA) is 56.0 Å². The van der Waals surface area contributed by atoms with E-state index in [1.54, 1.807) is 31.2 Å². The average molecular weight is 407 g/mol. The lowest BCUT2D eigenvalue weighted by Crippen LogP contribution is -2.13. The van der Waals surface area contributed by atoms with Crippen LogP contribution in [-0.2, 0) is 0 Å². The van der Waals surface area contributed by atoms with Gasteiger partial charge in [0.05, 0.1) is 5.25 Å². The molecule has 4 nitrogen and oxygen atoms in total. The molecule has 0 aliphatic heterocycles. The Hall–Kier alpha value is -1.99. The van der Waals surface area contributed by atoms with Gasteiger partial charge in [-0.1, -0.05) is 39.8 Å². The molecule has 0 aliphatic rings. The molecule has 0 radical (unpaired) electrons. The number of halogens is 2. The highest BCUT2D eigenvalue weighted by atomic mass is 79.9. The molecule has 122 valence electrons. The van der Waals surface area contributed by atoms with Gasteiger partial charge in [0.1, 0.15) is 5.82 Å². The van der Waals surface area contributed by atoms with Crippen LogP contribution in [0, 0.1) is 5.82 Å². The van der Waals surface area contributed by atoms with Crippen molar-refractivity contribution in [2.75, 3.05) is 0 Å². The molecule has 3 rings (SSSR count). The predicted molar refractivity (Wildman–Crippen MR) is 93.5 cm³/mol. The number of rotatable bonds is 5. The molecule has 24 heavy (non-hydrogen) atoms. The van der Waals surface area contributed by atoms with E-state index in [0.29, 0.717) is 22.2 Å². The van der Waals surface area contributed by atoms with Gasteiger partial charge in [0.2, 0.25) is 5.89 Å². The summed E-state index contributed by atoms with van der Waals surface area (Å²) in [7, 11) is 0. The zero-order chi connectivity index (χ0) is 17.1. The Morgan fingerprint density at radius 3 is 2.46 bits per heavy atom. The van der Waals surface area contributed by atoms with Crippen LogP contribution in [0.3, 0.4) is 0 Å². The smallest absolute Gasteiger partial charge is 0.277 e. The van der Waals surface area contributed by atoms with Gasteiger partial charge in [-0.3, -0.25) is 4.79 Å². The number of hydrogen-bond donors (Lipinski definition) is 0. The predicted octanol–water partition coefficient (Wildman–Crippen LogP) is 5.00. The molecule has 1 heterocycles. The SMILES string of the molecule is C[C@@H](Sc1nnc(-c2ccc(F)cc2)o1)C(=O)c1ccc(Br)cc1. The van der Waals surface area contributed by atoms with E-state index in [0.717, 1.165) is 4.47 Å². The Morgan fingerprint density at radius 1 is 1.12 bits per heavy atom. The number of benzene rings is 2. The van der Waals surface area contributed by atoms with Gasteiger partial charge < -0.3 is 4.42 Å². The number of ketones is 1. The Morgan fingerprint density at radius 2 is 1.79 bits per heavy atom. The van der Waals surface area contributed by atoms with Crippen LogP contribution in [-0.4, -0.2) is 21.2 Å². The van der Waals surface area contributed by atoms with E-state index in [2.05, 4.69) is 26.1 Å². The number of aromatic nitrogens is 2. The highest BCUT2D eigenvalue weighted by Crippen LogP contribution is 2.28. The third-order valence-corrected chi connectivity index (χ3v) is 4.74. The maximum Gasteiger partial charge on any atom is 0.277 e. The summed E-state index contributed by atoms with van der Waals surface area (Å²) in [6, 6.07) is 13.0. The molecule has 2 aromatic carbocycles. The summed E-state index contributed by atoms with van der Waals surface area (Å²) in [6.07, 6.45) is 0. The summed E-state index contributed by atoms with van der Waals surface area (Å²) in [5, 5.41) is 7.80. The van der Waals surface area contributed by atoms with E-state index >= 15 is 0 Å². The first kappa shape index (κ1) is 16.9. The molecule has 3 aromatic rings. The third kappa shape index (κ3) is 3.91. The van der Waals surface area contributed by atoms with E-state index in [1.165, 1.54) is 23.9 Å². The second kappa shape index (κ2) is 7.27. The fraction of sp³-hybridized carbons (Fsp3) is 0.118. The molecule has 0 unspecified atom stereocenters. The van der Waals surface area contributed by atoms with Crippen LogP contribution >= 0.6 is 27.7 Å². The van der Waals surface area contributed by atoms with Crippen molar-refractivity contribution in [1.82, 2.24) is 10.2 Å². The van der Waals surface area contributed by atoms with Crippen molar-refractivity contribution in [3.05, 3.63) is 64.4 Å². The molecule has 0 spiro atoms. The summed E-state index contributed by atoms with van der Waals surface area (Å²) < 4.78 is 19.4. The van der Waals surface area contributed by atoms with E-state index in [9.17, 15) is 9.18 Å². The summed E-state index contributed by atoms with van der Waals surface area (Å²) in [4.78, 5) is 12.4. The lowest BCUT2D eigenvalue weighted by Gasteiger charge is -2.07. The van der Waals surface area contributed by atoms with Crippen molar-refractivity contribution in [3.63, 3.8) is 0 Å². The quantitative estimate of drug-likeness (QED) is 0.440. The summed E-state index contributed by atoms with van der Waals surface area (Å²) in [5.74, 6) is -0.0589. The molecule has 0 saturated carbocycles.